The summed E-state index contributed by atoms with van der Waals surface area (Å²) in [6, 6.07) is 9.55. The largest absolute Gasteiger partial charge is 0.496 e. The van der Waals surface area contributed by atoms with Crippen molar-refractivity contribution in [3.8, 4) is 5.75 Å². The zero-order chi connectivity index (χ0) is 15.6. The van der Waals surface area contributed by atoms with Crippen LogP contribution in [0.1, 0.15) is 5.56 Å². The number of benzene rings is 2. The minimum absolute atomic E-state index is 0.0559. The fourth-order valence-corrected chi connectivity index (χ4v) is 4.28. The zero-order valence-corrected chi connectivity index (χ0v) is 14.3. The molecule has 0 spiro atoms. The highest BCUT2D eigenvalue weighted by molar-refractivity contribution is 9.10. The first-order valence-electron chi connectivity index (χ1n) is 5.93. The lowest BCUT2D eigenvalue weighted by Gasteiger charge is -2.11. The summed E-state index contributed by atoms with van der Waals surface area (Å²) in [5.41, 5.74) is 6.55. The van der Waals surface area contributed by atoms with E-state index in [1.54, 1.807) is 18.2 Å². The molecule has 0 unspecified atom stereocenters. The van der Waals surface area contributed by atoms with Crippen molar-refractivity contribution in [1.82, 2.24) is 0 Å². The van der Waals surface area contributed by atoms with Crippen LogP contribution in [0.4, 0.5) is 5.69 Å². The SMILES string of the molecule is COc1ccc(Br)cc1CS(=O)(=O)c1ccc(N)cc1Cl. The van der Waals surface area contributed by atoms with E-state index in [1.165, 1.54) is 25.3 Å². The fraction of sp³-hybridized carbons (Fsp3) is 0.143. The second-order valence-electron chi connectivity index (χ2n) is 4.41. The van der Waals surface area contributed by atoms with Gasteiger partial charge < -0.3 is 10.5 Å². The van der Waals surface area contributed by atoms with Gasteiger partial charge in [-0.15, -0.1) is 0 Å². The number of rotatable bonds is 4. The van der Waals surface area contributed by atoms with Crippen molar-refractivity contribution < 1.29 is 13.2 Å². The van der Waals surface area contributed by atoms with Crippen molar-refractivity contribution in [2.75, 3.05) is 12.8 Å². The highest BCUT2D eigenvalue weighted by atomic mass is 79.9. The maximum absolute atomic E-state index is 12.5. The van der Waals surface area contributed by atoms with Crippen LogP contribution in [-0.4, -0.2) is 15.5 Å². The van der Waals surface area contributed by atoms with E-state index in [0.717, 1.165) is 4.47 Å². The standard InChI is InChI=1S/C14H13BrClNO3S/c1-20-13-4-2-10(15)6-9(13)8-21(18,19)14-5-3-11(17)7-12(14)16/h2-7H,8,17H2,1H3. The molecule has 0 atom stereocenters. The average Bonchev–Trinajstić information content (AvgIpc) is 2.37. The molecule has 0 saturated carbocycles. The average molecular weight is 391 g/mol. The molecule has 7 heteroatoms. The predicted octanol–water partition coefficient (Wildman–Crippen LogP) is 3.67. The first kappa shape index (κ1) is 16.1. The van der Waals surface area contributed by atoms with Gasteiger partial charge in [-0.2, -0.15) is 0 Å². The van der Waals surface area contributed by atoms with E-state index < -0.39 is 9.84 Å². The molecular formula is C14H13BrClNO3S. The Morgan fingerprint density at radius 1 is 1.24 bits per heavy atom. The topological polar surface area (TPSA) is 69.4 Å². The summed E-state index contributed by atoms with van der Waals surface area (Å²) in [5.74, 6) is 0.299. The number of nitrogens with two attached hydrogens (primary N) is 1. The summed E-state index contributed by atoms with van der Waals surface area (Å²) >= 11 is 9.31. The van der Waals surface area contributed by atoms with Crippen LogP contribution in [0.3, 0.4) is 0 Å². The highest BCUT2D eigenvalue weighted by Gasteiger charge is 2.21. The molecule has 0 aliphatic rings. The minimum atomic E-state index is -3.60. The van der Waals surface area contributed by atoms with Crippen molar-refractivity contribution in [3.63, 3.8) is 0 Å². The number of methoxy groups -OCH3 is 1. The Morgan fingerprint density at radius 3 is 2.57 bits per heavy atom. The molecule has 0 bridgehead atoms. The molecule has 21 heavy (non-hydrogen) atoms. The van der Waals surface area contributed by atoms with Gasteiger partial charge in [0.1, 0.15) is 5.75 Å². The predicted molar refractivity (Wildman–Crippen MR) is 87.4 cm³/mol. The van der Waals surface area contributed by atoms with Crippen LogP contribution < -0.4 is 10.5 Å². The number of sulfone groups is 1. The Balaban J connectivity index is 2.44. The summed E-state index contributed by atoms with van der Waals surface area (Å²) in [6.07, 6.45) is 0. The molecule has 2 aromatic carbocycles. The Labute approximate surface area is 136 Å². The monoisotopic (exact) mass is 389 g/mol. The summed E-state index contributed by atoms with van der Waals surface area (Å²) in [7, 11) is -2.10. The van der Waals surface area contributed by atoms with E-state index in [2.05, 4.69) is 15.9 Å². The molecule has 2 N–H and O–H groups in total. The summed E-state index contributed by atoms with van der Waals surface area (Å²) in [6.45, 7) is 0. The third-order valence-corrected chi connectivity index (χ3v) is 5.51. The fourth-order valence-electron chi connectivity index (χ4n) is 1.91. The van der Waals surface area contributed by atoms with Gasteiger partial charge in [-0.25, -0.2) is 8.42 Å². The van der Waals surface area contributed by atoms with Gasteiger partial charge in [0.15, 0.2) is 9.84 Å². The Kier molecular flexibility index (Phi) is 4.81. The van der Waals surface area contributed by atoms with Gasteiger partial charge in [0.05, 0.1) is 22.8 Å². The normalized spacial score (nSPS) is 11.4. The number of halogens is 2. The van der Waals surface area contributed by atoms with Gasteiger partial charge in [0.25, 0.3) is 0 Å². The number of hydrogen-bond acceptors (Lipinski definition) is 4. The van der Waals surface area contributed by atoms with Crippen molar-refractivity contribution in [2.24, 2.45) is 0 Å². The van der Waals surface area contributed by atoms with Crippen molar-refractivity contribution in [1.29, 1.82) is 0 Å². The molecule has 0 saturated heterocycles. The van der Waals surface area contributed by atoms with E-state index in [4.69, 9.17) is 22.1 Å². The smallest absolute Gasteiger partial charge is 0.184 e. The first-order chi connectivity index (χ1) is 9.83. The molecule has 0 aliphatic heterocycles. The summed E-state index contributed by atoms with van der Waals surface area (Å²) in [4.78, 5) is 0.0559. The van der Waals surface area contributed by atoms with Gasteiger partial charge in [0, 0.05) is 15.7 Å². The highest BCUT2D eigenvalue weighted by Crippen LogP contribution is 2.30. The molecule has 2 rings (SSSR count). The minimum Gasteiger partial charge on any atom is -0.496 e. The van der Waals surface area contributed by atoms with Crippen LogP contribution >= 0.6 is 27.5 Å². The van der Waals surface area contributed by atoms with E-state index in [9.17, 15) is 8.42 Å². The van der Waals surface area contributed by atoms with E-state index >= 15 is 0 Å². The van der Waals surface area contributed by atoms with Gasteiger partial charge in [-0.3, -0.25) is 0 Å². The molecule has 112 valence electrons. The maximum Gasteiger partial charge on any atom is 0.184 e. The van der Waals surface area contributed by atoms with Crippen LogP contribution in [0.15, 0.2) is 45.8 Å². The zero-order valence-electron chi connectivity index (χ0n) is 11.1. The molecule has 0 aliphatic carbocycles. The van der Waals surface area contributed by atoms with Crippen LogP contribution in [0.5, 0.6) is 5.75 Å². The molecule has 0 amide bonds. The van der Waals surface area contributed by atoms with E-state index in [1.807, 2.05) is 0 Å². The lowest BCUT2D eigenvalue weighted by Crippen LogP contribution is -2.07. The Morgan fingerprint density at radius 2 is 1.95 bits per heavy atom. The van der Waals surface area contributed by atoms with Gasteiger partial charge >= 0.3 is 0 Å². The number of hydrogen-bond donors (Lipinski definition) is 1. The first-order valence-corrected chi connectivity index (χ1v) is 8.76. The molecule has 0 fully saturated rings. The molecule has 0 heterocycles. The summed E-state index contributed by atoms with van der Waals surface area (Å²) in [5, 5.41) is 0.115. The van der Waals surface area contributed by atoms with E-state index in [-0.39, 0.29) is 15.7 Å². The van der Waals surface area contributed by atoms with Crippen LogP contribution in [0.2, 0.25) is 5.02 Å². The lowest BCUT2D eigenvalue weighted by atomic mass is 10.2. The van der Waals surface area contributed by atoms with Gasteiger partial charge in [-0.05, 0) is 36.4 Å². The Bertz CT molecular complexity index is 778. The second-order valence-corrected chi connectivity index (χ2v) is 7.69. The third kappa shape index (κ3) is 3.70. The molecule has 0 aromatic heterocycles. The van der Waals surface area contributed by atoms with Crippen LogP contribution in [0.25, 0.3) is 0 Å². The van der Waals surface area contributed by atoms with Gasteiger partial charge in [-0.1, -0.05) is 27.5 Å². The molecule has 2 aromatic rings. The van der Waals surface area contributed by atoms with Crippen LogP contribution in [0, 0.1) is 0 Å². The molecule has 4 nitrogen and oxygen atoms in total. The van der Waals surface area contributed by atoms with Crippen molar-refractivity contribution in [2.45, 2.75) is 10.6 Å². The number of ether oxygens (including phenoxy) is 1. The maximum atomic E-state index is 12.5. The quantitative estimate of drug-likeness (QED) is 0.809. The molecular weight excluding hydrogens is 378 g/mol. The van der Waals surface area contributed by atoms with Crippen molar-refractivity contribution in [3.05, 3.63) is 51.5 Å². The van der Waals surface area contributed by atoms with E-state index in [0.29, 0.717) is 17.0 Å². The van der Waals surface area contributed by atoms with Gasteiger partial charge in [0.2, 0.25) is 0 Å². The molecule has 0 radical (unpaired) electrons. The van der Waals surface area contributed by atoms with Crippen molar-refractivity contribution >= 4 is 43.1 Å². The third-order valence-electron chi connectivity index (χ3n) is 2.88. The second kappa shape index (κ2) is 6.25. The van der Waals surface area contributed by atoms with Crippen LogP contribution in [-0.2, 0) is 15.6 Å². The Hall–Kier alpha value is -1.24. The number of nitrogen functional groups attached to an aromatic ring is 1. The number of anilines is 1. The summed E-state index contributed by atoms with van der Waals surface area (Å²) < 4.78 is 31.0. The lowest BCUT2D eigenvalue weighted by molar-refractivity contribution is 0.411.